The summed E-state index contributed by atoms with van der Waals surface area (Å²) in [5.74, 6) is 1.79. The number of benzene rings is 3. The zero-order chi connectivity index (χ0) is 25.1. The van der Waals surface area contributed by atoms with E-state index in [2.05, 4.69) is 10.6 Å². The van der Waals surface area contributed by atoms with Gasteiger partial charge in [-0.3, -0.25) is 14.5 Å². The predicted octanol–water partition coefficient (Wildman–Crippen LogP) is 4.10. The van der Waals surface area contributed by atoms with Gasteiger partial charge in [-0.2, -0.15) is 0 Å². The van der Waals surface area contributed by atoms with Gasteiger partial charge in [0.1, 0.15) is 6.17 Å². The number of likely N-dealkylation sites (N-methyl/N-ethyl adjacent to an activating group) is 1. The van der Waals surface area contributed by atoms with Crippen molar-refractivity contribution in [3.63, 3.8) is 0 Å². The lowest BCUT2D eigenvalue weighted by molar-refractivity contribution is -0.123. The normalized spacial score (nSPS) is 15.7. The van der Waals surface area contributed by atoms with E-state index in [4.69, 9.17) is 18.9 Å². The molecule has 36 heavy (non-hydrogen) atoms. The molecule has 2 aliphatic rings. The Morgan fingerprint density at radius 1 is 1.03 bits per heavy atom. The van der Waals surface area contributed by atoms with Crippen molar-refractivity contribution < 1.29 is 28.5 Å². The number of carbonyl (C=O) groups excluding carboxylic acids is 2. The minimum absolute atomic E-state index is 0.121. The van der Waals surface area contributed by atoms with E-state index >= 15 is 0 Å². The zero-order valence-corrected chi connectivity index (χ0v) is 20.1. The zero-order valence-electron chi connectivity index (χ0n) is 20.1. The fourth-order valence-electron chi connectivity index (χ4n) is 4.26. The van der Waals surface area contributed by atoms with Crippen LogP contribution >= 0.6 is 0 Å². The lowest BCUT2D eigenvalue weighted by Gasteiger charge is -2.38. The summed E-state index contributed by atoms with van der Waals surface area (Å²) in [5, 5.41) is 6.20. The molecule has 0 fully saturated rings. The van der Waals surface area contributed by atoms with Crippen molar-refractivity contribution in [3.8, 4) is 23.0 Å². The summed E-state index contributed by atoms with van der Waals surface area (Å²) < 4.78 is 22.6. The van der Waals surface area contributed by atoms with Crippen LogP contribution in [0.2, 0.25) is 0 Å². The Hall–Kier alpha value is -4.40. The number of rotatable bonds is 8. The molecule has 0 radical (unpaired) electrons. The summed E-state index contributed by atoms with van der Waals surface area (Å²) in [5.41, 5.74) is 2.74. The third kappa shape index (κ3) is 4.47. The van der Waals surface area contributed by atoms with Crippen LogP contribution < -0.4 is 34.5 Å². The maximum absolute atomic E-state index is 13.7. The lowest BCUT2D eigenvalue weighted by Crippen LogP contribution is -2.43. The molecule has 2 N–H and O–H groups in total. The van der Waals surface area contributed by atoms with Gasteiger partial charge in [-0.1, -0.05) is 18.2 Å². The number of nitrogens with one attached hydrogen (secondary N) is 2. The average Bonchev–Trinajstić information content (AvgIpc) is 3.36. The van der Waals surface area contributed by atoms with E-state index < -0.39 is 6.17 Å². The Balaban J connectivity index is 1.53. The van der Waals surface area contributed by atoms with Crippen molar-refractivity contribution in [3.05, 3.63) is 71.8 Å². The van der Waals surface area contributed by atoms with Crippen LogP contribution in [0.3, 0.4) is 0 Å². The maximum atomic E-state index is 13.7. The van der Waals surface area contributed by atoms with Crippen LogP contribution in [0.15, 0.2) is 60.7 Å². The highest BCUT2D eigenvalue weighted by atomic mass is 16.7. The smallest absolute Gasteiger partial charge is 0.262 e. The Morgan fingerprint density at radius 3 is 2.69 bits per heavy atom. The number of fused-ring (bicyclic) bond motifs is 2. The van der Waals surface area contributed by atoms with Crippen molar-refractivity contribution in [1.82, 2.24) is 5.32 Å². The topological polar surface area (TPSA) is 98.4 Å². The SMILES string of the molecule is CCNC(=O)COc1ccc([C@H]2Nc3ccccc3C(=O)N2c2ccc3c(c2)OCO3)cc1OCC. The molecule has 2 amide bonds. The highest BCUT2D eigenvalue weighted by molar-refractivity contribution is 6.12. The molecule has 3 aromatic rings. The molecule has 0 unspecified atom stereocenters. The minimum Gasteiger partial charge on any atom is -0.490 e. The number of para-hydroxylation sites is 1. The van der Waals surface area contributed by atoms with E-state index in [-0.39, 0.29) is 25.2 Å². The molecule has 186 valence electrons. The van der Waals surface area contributed by atoms with Gasteiger partial charge in [0.2, 0.25) is 6.79 Å². The van der Waals surface area contributed by atoms with Crippen LogP contribution in [0.5, 0.6) is 23.0 Å². The number of amides is 2. The van der Waals surface area contributed by atoms with Gasteiger partial charge >= 0.3 is 0 Å². The number of ether oxygens (including phenoxy) is 4. The average molecular weight is 490 g/mol. The van der Waals surface area contributed by atoms with Crippen LogP contribution in [0.1, 0.15) is 35.9 Å². The molecule has 9 nitrogen and oxygen atoms in total. The van der Waals surface area contributed by atoms with Gasteiger partial charge in [0.05, 0.1) is 17.9 Å². The first kappa shape index (κ1) is 23.3. The van der Waals surface area contributed by atoms with E-state index in [1.54, 1.807) is 29.2 Å². The Bertz CT molecular complexity index is 1290. The van der Waals surface area contributed by atoms with Gasteiger partial charge in [-0.05, 0) is 55.8 Å². The van der Waals surface area contributed by atoms with Crippen LogP contribution in [0.4, 0.5) is 11.4 Å². The largest absolute Gasteiger partial charge is 0.490 e. The fraction of sp³-hybridized carbons (Fsp3) is 0.259. The quantitative estimate of drug-likeness (QED) is 0.492. The molecule has 2 heterocycles. The second kappa shape index (κ2) is 10.1. The lowest BCUT2D eigenvalue weighted by atomic mass is 10.0. The number of carbonyl (C=O) groups is 2. The van der Waals surface area contributed by atoms with Crippen molar-refractivity contribution in [2.45, 2.75) is 20.0 Å². The number of nitrogens with zero attached hydrogens (tertiary/aromatic N) is 1. The molecular weight excluding hydrogens is 462 g/mol. The minimum atomic E-state index is -0.538. The van der Waals surface area contributed by atoms with Gasteiger partial charge in [0.25, 0.3) is 11.8 Å². The first-order valence-corrected chi connectivity index (χ1v) is 11.8. The second-order valence-corrected chi connectivity index (χ2v) is 8.19. The molecule has 0 saturated carbocycles. The van der Waals surface area contributed by atoms with Gasteiger partial charge in [0.15, 0.2) is 29.6 Å². The van der Waals surface area contributed by atoms with Crippen LogP contribution in [0.25, 0.3) is 0 Å². The van der Waals surface area contributed by atoms with Crippen molar-refractivity contribution in [2.24, 2.45) is 0 Å². The molecule has 9 heteroatoms. The Labute approximate surface area is 208 Å². The standard InChI is InChI=1S/C27H27N3O6/c1-3-28-25(31)15-34-21-11-9-17(13-23(21)33-4-2)26-29-20-8-6-5-7-19(20)27(32)30(26)18-10-12-22-24(14-18)36-16-35-22/h5-14,26,29H,3-4,15-16H2,1-2H3,(H,28,31)/t26-/m0/s1. The number of anilines is 2. The van der Waals surface area contributed by atoms with E-state index in [1.807, 2.05) is 50.2 Å². The number of hydrogen-bond acceptors (Lipinski definition) is 7. The summed E-state index contributed by atoms with van der Waals surface area (Å²) in [6.45, 7) is 4.68. The second-order valence-electron chi connectivity index (χ2n) is 8.19. The third-order valence-electron chi connectivity index (χ3n) is 5.88. The monoisotopic (exact) mass is 489 g/mol. The van der Waals surface area contributed by atoms with Gasteiger partial charge in [-0.25, -0.2) is 0 Å². The summed E-state index contributed by atoms with van der Waals surface area (Å²) in [4.78, 5) is 27.3. The maximum Gasteiger partial charge on any atom is 0.262 e. The van der Waals surface area contributed by atoms with Crippen LogP contribution in [0, 0.1) is 0 Å². The van der Waals surface area contributed by atoms with E-state index in [1.165, 1.54) is 0 Å². The summed E-state index contributed by atoms with van der Waals surface area (Å²) in [6.07, 6.45) is -0.538. The van der Waals surface area contributed by atoms with Crippen LogP contribution in [-0.2, 0) is 4.79 Å². The molecular formula is C27H27N3O6. The summed E-state index contributed by atoms with van der Waals surface area (Å²) >= 11 is 0. The molecule has 0 saturated heterocycles. The molecule has 1 atom stereocenters. The molecule has 0 aromatic heterocycles. The predicted molar refractivity (Wildman–Crippen MR) is 134 cm³/mol. The third-order valence-corrected chi connectivity index (χ3v) is 5.88. The van der Waals surface area contributed by atoms with Gasteiger partial charge in [0, 0.05) is 18.3 Å². The highest BCUT2D eigenvalue weighted by Gasteiger charge is 2.35. The first-order valence-electron chi connectivity index (χ1n) is 11.8. The van der Waals surface area contributed by atoms with E-state index in [0.717, 1.165) is 11.3 Å². The molecule has 5 rings (SSSR count). The van der Waals surface area contributed by atoms with Gasteiger partial charge in [-0.15, -0.1) is 0 Å². The van der Waals surface area contributed by atoms with E-state index in [9.17, 15) is 9.59 Å². The molecule has 3 aromatic carbocycles. The summed E-state index contributed by atoms with van der Waals surface area (Å²) in [6, 6.07) is 18.3. The fourth-order valence-corrected chi connectivity index (χ4v) is 4.26. The Morgan fingerprint density at radius 2 is 1.86 bits per heavy atom. The first-order chi connectivity index (χ1) is 17.6. The van der Waals surface area contributed by atoms with Crippen molar-refractivity contribution >= 4 is 23.2 Å². The molecule has 0 bridgehead atoms. The number of hydrogen-bond donors (Lipinski definition) is 2. The molecule has 2 aliphatic heterocycles. The Kier molecular flexibility index (Phi) is 6.53. The highest BCUT2D eigenvalue weighted by Crippen LogP contribution is 2.42. The van der Waals surface area contributed by atoms with Gasteiger partial charge < -0.3 is 29.6 Å². The van der Waals surface area contributed by atoms with Crippen molar-refractivity contribution in [2.75, 3.05) is 36.8 Å². The molecule has 0 spiro atoms. The summed E-state index contributed by atoms with van der Waals surface area (Å²) in [7, 11) is 0. The van der Waals surface area contributed by atoms with Crippen LogP contribution in [-0.4, -0.2) is 38.4 Å². The van der Waals surface area contributed by atoms with E-state index in [0.29, 0.717) is 47.4 Å². The van der Waals surface area contributed by atoms with Crippen molar-refractivity contribution in [1.29, 1.82) is 0 Å². The molecule has 0 aliphatic carbocycles.